The van der Waals surface area contributed by atoms with Crippen molar-refractivity contribution in [3.8, 4) is 16.2 Å². The fraction of sp³-hybridized carbons (Fsp3) is 0.250. The molecular weight excluding hydrogens is 483 g/mol. The normalized spacial score (nSPS) is 15.6. The highest BCUT2D eigenvalue weighted by Crippen LogP contribution is 2.46. The number of rotatable bonds is 6. The Balaban J connectivity index is 1.59. The van der Waals surface area contributed by atoms with Crippen LogP contribution in [0.5, 0.6) is 5.75 Å². The number of halogens is 3. The number of pyridine rings is 1. The van der Waals surface area contributed by atoms with Crippen LogP contribution in [0.1, 0.15) is 46.9 Å². The van der Waals surface area contributed by atoms with Gasteiger partial charge in [-0.1, -0.05) is 31.5 Å². The summed E-state index contributed by atoms with van der Waals surface area (Å²) in [5.74, 6) is 0.337. The number of aromatic nitrogens is 1. The number of benzene rings is 1. The second kappa shape index (κ2) is 8.92. The van der Waals surface area contributed by atoms with E-state index >= 15 is 0 Å². The van der Waals surface area contributed by atoms with Gasteiger partial charge in [-0.05, 0) is 41.6 Å². The van der Waals surface area contributed by atoms with Gasteiger partial charge in [0, 0.05) is 15.8 Å². The first-order valence-electron chi connectivity index (χ1n) is 10.7. The van der Waals surface area contributed by atoms with E-state index in [1.54, 1.807) is 17.5 Å². The summed E-state index contributed by atoms with van der Waals surface area (Å²) in [6.07, 6.45) is -3.21. The lowest BCUT2D eigenvalue weighted by Gasteiger charge is -2.27. The maximum atomic E-state index is 13.6. The van der Waals surface area contributed by atoms with E-state index in [2.05, 4.69) is 22.5 Å². The minimum atomic E-state index is -4.60. The Morgan fingerprint density at radius 3 is 2.74 bits per heavy atom. The van der Waals surface area contributed by atoms with Crippen LogP contribution in [-0.2, 0) is 6.18 Å². The Hall–Kier alpha value is -3.11. The van der Waals surface area contributed by atoms with Crippen LogP contribution in [0.4, 0.5) is 18.9 Å². The van der Waals surface area contributed by atoms with E-state index in [-0.39, 0.29) is 10.7 Å². The first kappa shape index (κ1) is 22.7. The first-order valence-corrected chi connectivity index (χ1v) is 12.4. The smallest absolute Gasteiger partial charge is 0.433 e. The minimum Gasteiger partial charge on any atom is -0.494 e. The molecule has 0 fully saturated rings. The molecule has 1 aromatic carbocycles. The molecule has 176 valence electrons. The van der Waals surface area contributed by atoms with Crippen LogP contribution in [0.2, 0.25) is 0 Å². The summed E-state index contributed by atoms with van der Waals surface area (Å²) < 4.78 is 46.5. The Labute approximate surface area is 201 Å². The van der Waals surface area contributed by atoms with Crippen molar-refractivity contribution in [3.05, 3.63) is 64.0 Å². The number of carbonyl (C=O) groups is 1. The Morgan fingerprint density at radius 2 is 2.00 bits per heavy atom. The van der Waals surface area contributed by atoms with Gasteiger partial charge >= 0.3 is 6.18 Å². The SMILES string of the molecule is CCCCOc1cccc([C@H]2NC(=O)c3sc4nc(C(F)(F)F)cc(-c5cccs5)c4c3N2)c1. The van der Waals surface area contributed by atoms with Gasteiger partial charge in [0.15, 0.2) is 0 Å². The van der Waals surface area contributed by atoms with Gasteiger partial charge in [-0.15, -0.1) is 22.7 Å². The fourth-order valence-corrected chi connectivity index (χ4v) is 5.64. The molecule has 0 aliphatic carbocycles. The van der Waals surface area contributed by atoms with E-state index in [0.717, 1.165) is 35.8 Å². The second-order valence-corrected chi connectivity index (χ2v) is 9.79. The van der Waals surface area contributed by atoms with Crippen LogP contribution in [0.15, 0.2) is 47.8 Å². The van der Waals surface area contributed by atoms with Crippen LogP contribution in [0.25, 0.3) is 20.7 Å². The largest absolute Gasteiger partial charge is 0.494 e. The molecule has 34 heavy (non-hydrogen) atoms. The highest BCUT2D eigenvalue weighted by Gasteiger charge is 2.36. The number of anilines is 1. The van der Waals surface area contributed by atoms with Gasteiger partial charge in [0.2, 0.25) is 0 Å². The van der Waals surface area contributed by atoms with Crippen LogP contribution in [-0.4, -0.2) is 17.5 Å². The number of amides is 1. The number of hydrogen-bond donors (Lipinski definition) is 2. The molecule has 0 radical (unpaired) electrons. The number of hydrogen-bond acceptors (Lipinski definition) is 6. The summed E-state index contributed by atoms with van der Waals surface area (Å²) in [6, 6.07) is 12.0. The van der Waals surface area contributed by atoms with E-state index in [0.29, 0.717) is 38.7 Å². The molecule has 4 heterocycles. The second-order valence-electron chi connectivity index (χ2n) is 7.84. The van der Waals surface area contributed by atoms with Gasteiger partial charge in [-0.2, -0.15) is 13.2 Å². The van der Waals surface area contributed by atoms with Crippen molar-refractivity contribution in [1.82, 2.24) is 10.3 Å². The number of fused-ring (bicyclic) bond motifs is 3. The molecule has 5 nitrogen and oxygen atoms in total. The van der Waals surface area contributed by atoms with E-state index in [1.165, 1.54) is 11.3 Å². The van der Waals surface area contributed by atoms with Crippen LogP contribution in [0.3, 0.4) is 0 Å². The fourth-order valence-electron chi connectivity index (χ4n) is 3.83. The Kier molecular flexibility index (Phi) is 5.95. The quantitative estimate of drug-likeness (QED) is 0.276. The average Bonchev–Trinajstić information content (AvgIpc) is 3.47. The molecule has 4 aromatic rings. The molecular formula is C24H20F3N3O2S2. The molecule has 0 saturated carbocycles. The van der Waals surface area contributed by atoms with Crippen LogP contribution < -0.4 is 15.4 Å². The number of ether oxygens (including phenoxy) is 1. The van der Waals surface area contributed by atoms with Crippen molar-refractivity contribution >= 4 is 44.5 Å². The molecule has 1 aliphatic heterocycles. The lowest BCUT2D eigenvalue weighted by molar-refractivity contribution is -0.140. The number of unbranched alkanes of at least 4 members (excludes halogenated alkanes) is 1. The summed E-state index contributed by atoms with van der Waals surface area (Å²) in [7, 11) is 0. The first-order chi connectivity index (χ1) is 16.3. The molecule has 0 saturated heterocycles. The maximum Gasteiger partial charge on any atom is 0.433 e. The van der Waals surface area contributed by atoms with Crippen LogP contribution in [0, 0.1) is 0 Å². The van der Waals surface area contributed by atoms with E-state index in [9.17, 15) is 18.0 Å². The molecule has 2 N–H and O–H groups in total. The predicted octanol–water partition coefficient (Wildman–Crippen LogP) is 7.08. The summed E-state index contributed by atoms with van der Waals surface area (Å²) in [6.45, 7) is 2.68. The topological polar surface area (TPSA) is 63.2 Å². The summed E-state index contributed by atoms with van der Waals surface area (Å²) in [5, 5.41) is 8.55. The minimum absolute atomic E-state index is 0.170. The summed E-state index contributed by atoms with van der Waals surface area (Å²) in [4.78, 5) is 18.0. The Morgan fingerprint density at radius 1 is 1.15 bits per heavy atom. The van der Waals surface area contributed by atoms with Crippen molar-refractivity contribution in [2.45, 2.75) is 32.1 Å². The van der Waals surface area contributed by atoms with Gasteiger partial charge in [0.1, 0.15) is 27.3 Å². The van der Waals surface area contributed by atoms with Gasteiger partial charge < -0.3 is 15.4 Å². The Bertz CT molecular complexity index is 1350. The molecule has 0 unspecified atom stereocenters. The third-order valence-electron chi connectivity index (χ3n) is 5.47. The lowest BCUT2D eigenvalue weighted by atomic mass is 10.0. The zero-order valence-corrected chi connectivity index (χ0v) is 19.7. The van der Waals surface area contributed by atoms with Crippen LogP contribution >= 0.6 is 22.7 Å². The average molecular weight is 504 g/mol. The number of nitrogens with zero attached hydrogens (tertiary/aromatic N) is 1. The van der Waals surface area contributed by atoms with E-state index < -0.39 is 18.0 Å². The summed E-state index contributed by atoms with van der Waals surface area (Å²) in [5.41, 5.74) is 0.707. The number of thiophene rings is 2. The maximum absolute atomic E-state index is 13.6. The van der Waals surface area contributed by atoms with Crippen molar-refractivity contribution < 1.29 is 22.7 Å². The molecule has 1 atom stereocenters. The molecule has 10 heteroatoms. The van der Waals surface area contributed by atoms with E-state index in [4.69, 9.17) is 4.74 Å². The molecule has 0 bridgehead atoms. The monoisotopic (exact) mass is 503 g/mol. The van der Waals surface area contributed by atoms with Gasteiger partial charge in [0.05, 0.1) is 12.3 Å². The van der Waals surface area contributed by atoms with Crippen molar-refractivity contribution in [2.75, 3.05) is 11.9 Å². The molecule has 3 aromatic heterocycles. The van der Waals surface area contributed by atoms with Gasteiger partial charge in [-0.25, -0.2) is 4.98 Å². The van der Waals surface area contributed by atoms with E-state index in [1.807, 2.05) is 24.3 Å². The highest BCUT2D eigenvalue weighted by molar-refractivity contribution is 7.21. The predicted molar refractivity (Wildman–Crippen MR) is 129 cm³/mol. The third kappa shape index (κ3) is 4.23. The highest BCUT2D eigenvalue weighted by atomic mass is 32.1. The van der Waals surface area contributed by atoms with Crippen molar-refractivity contribution in [2.24, 2.45) is 0 Å². The third-order valence-corrected chi connectivity index (χ3v) is 7.45. The number of alkyl halides is 3. The van der Waals surface area contributed by atoms with Crippen molar-refractivity contribution in [1.29, 1.82) is 0 Å². The molecule has 5 rings (SSSR count). The molecule has 0 spiro atoms. The number of nitrogens with one attached hydrogen (secondary N) is 2. The lowest BCUT2D eigenvalue weighted by Crippen LogP contribution is -2.37. The standard InChI is InChI=1S/C24H20F3N3O2S2/c1-2-3-9-32-14-7-4-6-13(11-14)21-29-19-18-15(16-8-5-10-33-16)12-17(24(25,26)27)28-23(18)34-20(19)22(31)30-21/h4-8,10-12,21,29H,2-3,9H2,1H3,(H,30,31)/t21-/m1/s1. The van der Waals surface area contributed by atoms with Gasteiger partial charge in [-0.3, -0.25) is 4.79 Å². The van der Waals surface area contributed by atoms with Crippen molar-refractivity contribution in [3.63, 3.8) is 0 Å². The zero-order valence-electron chi connectivity index (χ0n) is 18.0. The number of carbonyl (C=O) groups excluding carboxylic acids is 1. The zero-order chi connectivity index (χ0) is 23.9. The molecule has 1 amide bonds. The van der Waals surface area contributed by atoms with Gasteiger partial charge in [0.25, 0.3) is 5.91 Å². The molecule has 1 aliphatic rings. The summed E-state index contributed by atoms with van der Waals surface area (Å²) >= 11 is 2.30.